The van der Waals surface area contributed by atoms with Crippen LogP contribution in [0.15, 0.2) is 18.3 Å². The molecule has 1 saturated heterocycles. The van der Waals surface area contributed by atoms with Crippen molar-refractivity contribution in [1.82, 2.24) is 24.8 Å². The van der Waals surface area contributed by atoms with Gasteiger partial charge < -0.3 is 5.32 Å². The van der Waals surface area contributed by atoms with E-state index in [2.05, 4.69) is 10.2 Å². The van der Waals surface area contributed by atoms with Crippen LogP contribution in [0.1, 0.15) is 30.1 Å². The zero-order valence-corrected chi connectivity index (χ0v) is 14.5. The first-order valence-electron chi connectivity index (χ1n) is 8.50. The monoisotopic (exact) mass is 409 g/mol. The second-order valence-electron chi connectivity index (χ2n) is 6.67. The molecule has 0 spiro atoms. The van der Waals surface area contributed by atoms with Gasteiger partial charge in [-0.3, -0.25) is 14.1 Å². The third-order valence-corrected chi connectivity index (χ3v) is 4.48. The van der Waals surface area contributed by atoms with Crippen LogP contribution in [0.25, 0.3) is 5.65 Å². The summed E-state index contributed by atoms with van der Waals surface area (Å²) in [5, 5.41) is 9.69. The molecule has 2 aromatic heterocycles. The van der Waals surface area contributed by atoms with E-state index >= 15 is 0 Å². The first-order chi connectivity index (χ1) is 13.0. The number of carbonyl (C=O) groups excluding carboxylic acids is 1. The number of piperidine rings is 1. The molecule has 1 amide bonds. The minimum Gasteiger partial charge on any atom is -0.346 e. The summed E-state index contributed by atoms with van der Waals surface area (Å²) >= 11 is 0. The average Bonchev–Trinajstić information content (AvgIpc) is 3.02. The molecular weight excluding hydrogens is 392 g/mol. The van der Waals surface area contributed by atoms with Gasteiger partial charge in [-0.25, -0.2) is 0 Å². The van der Waals surface area contributed by atoms with Crippen molar-refractivity contribution < 1.29 is 31.1 Å². The van der Waals surface area contributed by atoms with Crippen LogP contribution in [0.5, 0.6) is 0 Å². The van der Waals surface area contributed by atoms with Gasteiger partial charge in [0.25, 0.3) is 0 Å². The molecular formula is C16H17F6N5O. The molecule has 1 aliphatic rings. The van der Waals surface area contributed by atoms with Gasteiger partial charge in [-0.2, -0.15) is 26.3 Å². The summed E-state index contributed by atoms with van der Waals surface area (Å²) in [6.07, 6.45) is -6.82. The van der Waals surface area contributed by atoms with Crippen LogP contribution < -0.4 is 5.32 Å². The number of hydrogen-bond acceptors (Lipinski definition) is 4. The van der Waals surface area contributed by atoms with Gasteiger partial charge in [0, 0.05) is 18.7 Å². The molecule has 1 fully saturated rings. The van der Waals surface area contributed by atoms with Gasteiger partial charge in [0.05, 0.1) is 12.1 Å². The Hall–Kier alpha value is -2.37. The maximum atomic E-state index is 13.0. The minimum atomic E-state index is -4.51. The van der Waals surface area contributed by atoms with Crippen molar-refractivity contribution in [3.05, 3.63) is 29.7 Å². The lowest BCUT2D eigenvalue weighted by molar-refractivity contribution is -0.139. The maximum absolute atomic E-state index is 13.0. The Kier molecular flexibility index (Phi) is 5.50. The van der Waals surface area contributed by atoms with Crippen LogP contribution in [0.2, 0.25) is 0 Å². The van der Waals surface area contributed by atoms with E-state index in [-0.39, 0.29) is 24.7 Å². The van der Waals surface area contributed by atoms with Gasteiger partial charge >= 0.3 is 12.4 Å². The molecule has 1 aliphatic heterocycles. The summed E-state index contributed by atoms with van der Waals surface area (Å²) in [5.41, 5.74) is -0.566. The number of pyridine rings is 1. The van der Waals surface area contributed by atoms with E-state index in [1.165, 1.54) is 10.5 Å². The summed E-state index contributed by atoms with van der Waals surface area (Å²) < 4.78 is 76.7. The predicted octanol–water partition coefficient (Wildman–Crippen LogP) is 2.61. The number of halogens is 6. The topological polar surface area (TPSA) is 62.5 Å². The summed E-state index contributed by atoms with van der Waals surface area (Å²) in [5.74, 6) is -0.715. The summed E-state index contributed by atoms with van der Waals surface area (Å²) in [6, 6.07) is 2.15. The fraction of sp³-hybridized carbons (Fsp3) is 0.562. The molecule has 1 atom stereocenters. The van der Waals surface area contributed by atoms with Gasteiger partial charge in [-0.1, -0.05) is 0 Å². The Bertz CT molecular complexity index is 846. The summed E-state index contributed by atoms with van der Waals surface area (Å²) in [6.45, 7) is -0.841. The lowest BCUT2D eigenvalue weighted by Crippen LogP contribution is -2.44. The third-order valence-electron chi connectivity index (χ3n) is 4.48. The van der Waals surface area contributed by atoms with E-state index in [0.717, 1.165) is 12.3 Å². The van der Waals surface area contributed by atoms with Crippen LogP contribution in [0.4, 0.5) is 26.3 Å². The van der Waals surface area contributed by atoms with Gasteiger partial charge in [0.15, 0.2) is 5.65 Å². The highest BCUT2D eigenvalue weighted by molar-refractivity contribution is 5.78. The number of nitrogens with zero attached hydrogens (tertiary/aromatic N) is 4. The standard InChI is InChI=1S/C16H17F6N5O/c17-15(18,19)9-23-13(28)8-26-5-1-2-10(6-26)14-25-24-12-4-3-11(7-27(12)14)16(20,21)22/h3-4,7,10H,1-2,5-6,8-9H2,(H,23,28). The molecule has 1 N–H and O–H groups in total. The van der Waals surface area contributed by atoms with Crippen molar-refractivity contribution in [3.8, 4) is 0 Å². The lowest BCUT2D eigenvalue weighted by atomic mass is 9.97. The van der Waals surface area contributed by atoms with Crippen molar-refractivity contribution in [2.24, 2.45) is 0 Å². The summed E-state index contributed by atoms with van der Waals surface area (Å²) in [4.78, 5) is 13.4. The fourth-order valence-corrected chi connectivity index (χ4v) is 3.22. The van der Waals surface area contributed by atoms with Crippen LogP contribution in [-0.4, -0.2) is 57.8 Å². The minimum absolute atomic E-state index is 0.225. The van der Waals surface area contributed by atoms with Crippen molar-refractivity contribution >= 4 is 11.6 Å². The molecule has 2 aromatic rings. The molecule has 3 heterocycles. The van der Waals surface area contributed by atoms with E-state index in [1.54, 1.807) is 4.90 Å². The highest BCUT2D eigenvalue weighted by Crippen LogP contribution is 2.31. The van der Waals surface area contributed by atoms with E-state index < -0.39 is 30.4 Å². The molecule has 28 heavy (non-hydrogen) atoms. The summed E-state index contributed by atoms with van der Waals surface area (Å²) in [7, 11) is 0. The second kappa shape index (κ2) is 7.57. The first kappa shape index (κ1) is 20.4. The normalized spacial score (nSPS) is 19.1. The Morgan fingerprint density at radius 3 is 2.61 bits per heavy atom. The number of rotatable bonds is 4. The van der Waals surface area contributed by atoms with Crippen LogP contribution in [0, 0.1) is 0 Å². The van der Waals surface area contributed by atoms with Gasteiger partial charge in [0.2, 0.25) is 5.91 Å². The second-order valence-corrected chi connectivity index (χ2v) is 6.67. The number of aromatic nitrogens is 3. The Morgan fingerprint density at radius 2 is 1.93 bits per heavy atom. The molecule has 0 radical (unpaired) electrons. The van der Waals surface area contributed by atoms with Gasteiger partial charge in [-0.15, -0.1) is 10.2 Å². The lowest BCUT2D eigenvalue weighted by Gasteiger charge is -2.31. The zero-order valence-electron chi connectivity index (χ0n) is 14.5. The third kappa shape index (κ3) is 4.91. The van der Waals surface area contributed by atoms with Crippen LogP contribution >= 0.6 is 0 Å². The van der Waals surface area contributed by atoms with E-state index in [9.17, 15) is 31.1 Å². The number of amides is 1. The molecule has 6 nitrogen and oxygen atoms in total. The van der Waals surface area contributed by atoms with Crippen molar-refractivity contribution in [2.45, 2.75) is 31.1 Å². The Morgan fingerprint density at radius 1 is 1.18 bits per heavy atom. The highest BCUT2D eigenvalue weighted by atomic mass is 19.4. The first-order valence-corrected chi connectivity index (χ1v) is 8.50. The molecule has 3 rings (SSSR count). The van der Waals surface area contributed by atoms with Crippen LogP contribution in [-0.2, 0) is 11.0 Å². The van der Waals surface area contributed by atoms with Crippen LogP contribution in [0.3, 0.4) is 0 Å². The quantitative estimate of drug-likeness (QED) is 0.789. The predicted molar refractivity (Wildman–Crippen MR) is 85.5 cm³/mol. The molecule has 1 unspecified atom stereocenters. The Balaban J connectivity index is 1.71. The number of hydrogen-bond donors (Lipinski definition) is 1. The SMILES string of the molecule is O=C(CN1CCCC(c2nnc3ccc(C(F)(F)F)cn23)C1)NCC(F)(F)F. The number of fused-ring (bicyclic) bond motifs is 1. The fourth-order valence-electron chi connectivity index (χ4n) is 3.22. The smallest absolute Gasteiger partial charge is 0.346 e. The highest BCUT2D eigenvalue weighted by Gasteiger charge is 2.33. The molecule has 0 bridgehead atoms. The maximum Gasteiger partial charge on any atom is 0.417 e. The van der Waals surface area contributed by atoms with Crippen molar-refractivity contribution in [1.29, 1.82) is 0 Å². The van der Waals surface area contributed by atoms with E-state index in [0.29, 0.717) is 25.2 Å². The average molecular weight is 409 g/mol. The molecule has 0 aliphatic carbocycles. The molecule has 0 aromatic carbocycles. The number of nitrogens with one attached hydrogen (secondary N) is 1. The van der Waals surface area contributed by atoms with Gasteiger partial charge in [-0.05, 0) is 31.5 Å². The molecule has 12 heteroatoms. The van der Waals surface area contributed by atoms with Crippen molar-refractivity contribution in [3.63, 3.8) is 0 Å². The number of carbonyl (C=O) groups is 1. The number of likely N-dealkylation sites (tertiary alicyclic amines) is 1. The van der Waals surface area contributed by atoms with E-state index in [1.807, 2.05) is 5.32 Å². The van der Waals surface area contributed by atoms with Gasteiger partial charge in [0.1, 0.15) is 12.4 Å². The Labute approximate surface area is 155 Å². The van der Waals surface area contributed by atoms with E-state index in [4.69, 9.17) is 0 Å². The number of alkyl halides is 6. The molecule has 0 saturated carbocycles. The molecule has 154 valence electrons. The zero-order chi connectivity index (χ0) is 20.5. The largest absolute Gasteiger partial charge is 0.417 e. The van der Waals surface area contributed by atoms with Crippen molar-refractivity contribution in [2.75, 3.05) is 26.2 Å².